The highest BCUT2D eigenvalue weighted by Crippen LogP contribution is 2.51. The van der Waals surface area contributed by atoms with Gasteiger partial charge in [-0.05, 0) is 60.0 Å². The van der Waals surface area contributed by atoms with E-state index in [-0.39, 0.29) is 17.6 Å². The van der Waals surface area contributed by atoms with Crippen LogP contribution >= 0.6 is 27.3 Å². The molecule has 0 amide bonds. The highest BCUT2D eigenvalue weighted by molar-refractivity contribution is 9.11. The molecule has 2 aliphatic rings. The predicted molar refractivity (Wildman–Crippen MR) is 103 cm³/mol. The van der Waals surface area contributed by atoms with E-state index in [1.54, 1.807) is 11.3 Å². The topological polar surface area (TPSA) is 58.5 Å². The molecule has 0 bridgehead atoms. The van der Waals surface area contributed by atoms with Crippen LogP contribution in [0.4, 0.5) is 5.82 Å². The maximum Gasteiger partial charge on any atom is 0.151 e. The molecule has 0 aromatic carbocycles. The SMILES string of the molecule is CCOC1CC(O)C12CCN(c1ccc(-c3ccc(Br)s3)nn1)CC2. The zero-order valence-electron chi connectivity index (χ0n) is 14.2. The van der Waals surface area contributed by atoms with Gasteiger partial charge < -0.3 is 14.7 Å². The first-order chi connectivity index (χ1) is 12.1. The lowest BCUT2D eigenvalue weighted by Crippen LogP contribution is -2.62. The van der Waals surface area contributed by atoms with E-state index in [0.29, 0.717) is 6.61 Å². The summed E-state index contributed by atoms with van der Waals surface area (Å²) in [5.74, 6) is 0.913. The zero-order chi connectivity index (χ0) is 17.4. The molecule has 25 heavy (non-hydrogen) atoms. The lowest BCUT2D eigenvalue weighted by molar-refractivity contribution is -0.199. The molecule has 7 heteroatoms. The second-order valence-corrected chi connectivity index (χ2v) is 9.26. The molecular formula is C18H22BrN3O2S. The number of ether oxygens (including phenoxy) is 1. The Morgan fingerprint density at radius 2 is 2.08 bits per heavy atom. The van der Waals surface area contributed by atoms with Gasteiger partial charge in [-0.25, -0.2) is 0 Å². The summed E-state index contributed by atoms with van der Waals surface area (Å²) in [4.78, 5) is 3.38. The molecule has 0 radical (unpaired) electrons. The van der Waals surface area contributed by atoms with Gasteiger partial charge in [-0.3, -0.25) is 0 Å². The smallest absolute Gasteiger partial charge is 0.151 e. The van der Waals surface area contributed by atoms with Crippen molar-refractivity contribution in [3.8, 4) is 10.6 Å². The summed E-state index contributed by atoms with van der Waals surface area (Å²) in [5.41, 5.74) is 0.849. The van der Waals surface area contributed by atoms with Crippen molar-refractivity contribution < 1.29 is 9.84 Å². The first-order valence-corrected chi connectivity index (χ1v) is 10.4. The minimum absolute atomic E-state index is 0.0525. The van der Waals surface area contributed by atoms with Crippen LogP contribution in [0, 0.1) is 5.41 Å². The average molecular weight is 424 g/mol. The van der Waals surface area contributed by atoms with E-state index < -0.39 is 0 Å². The number of aliphatic hydroxyl groups is 1. The third kappa shape index (κ3) is 3.12. The van der Waals surface area contributed by atoms with Crippen molar-refractivity contribution in [3.05, 3.63) is 28.1 Å². The molecule has 2 aromatic heterocycles. The Morgan fingerprint density at radius 1 is 1.28 bits per heavy atom. The van der Waals surface area contributed by atoms with Gasteiger partial charge in [-0.2, -0.15) is 0 Å². The number of hydrogen-bond acceptors (Lipinski definition) is 6. The van der Waals surface area contributed by atoms with Gasteiger partial charge in [0.05, 0.1) is 20.9 Å². The van der Waals surface area contributed by atoms with Crippen molar-refractivity contribution in [2.45, 2.75) is 38.4 Å². The van der Waals surface area contributed by atoms with Crippen LogP contribution in [0.2, 0.25) is 0 Å². The molecule has 1 saturated carbocycles. The largest absolute Gasteiger partial charge is 0.392 e. The van der Waals surface area contributed by atoms with Gasteiger partial charge in [0.15, 0.2) is 5.82 Å². The minimum Gasteiger partial charge on any atom is -0.392 e. The quantitative estimate of drug-likeness (QED) is 0.811. The van der Waals surface area contributed by atoms with Crippen LogP contribution in [-0.2, 0) is 4.74 Å². The molecule has 3 heterocycles. The van der Waals surface area contributed by atoms with Crippen LogP contribution in [0.3, 0.4) is 0 Å². The summed E-state index contributed by atoms with van der Waals surface area (Å²) >= 11 is 5.14. The van der Waals surface area contributed by atoms with Gasteiger partial charge in [0.2, 0.25) is 0 Å². The van der Waals surface area contributed by atoms with E-state index in [2.05, 4.69) is 37.1 Å². The second-order valence-electron chi connectivity index (χ2n) is 6.80. The van der Waals surface area contributed by atoms with E-state index in [4.69, 9.17) is 4.74 Å². The number of aromatic nitrogens is 2. The fraction of sp³-hybridized carbons (Fsp3) is 0.556. The van der Waals surface area contributed by atoms with E-state index in [1.807, 2.05) is 25.1 Å². The zero-order valence-corrected chi connectivity index (χ0v) is 16.6. The van der Waals surface area contributed by atoms with Crippen LogP contribution in [0.5, 0.6) is 0 Å². The van der Waals surface area contributed by atoms with Crippen LogP contribution in [0.25, 0.3) is 10.6 Å². The second kappa shape index (κ2) is 6.95. The molecule has 1 N–H and O–H groups in total. The fourth-order valence-corrected chi connectivity index (χ4v) is 5.40. The maximum atomic E-state index is 10.3. The lowest BCUT2D eigenvalue weighted by Gasteiger charge is -2.56. The van der Waals surface area contributed by atoms with Crippen LogP contribution in [0.1, 0.15) is 26.2 Å². The highest BCUT2D eigenvalue weighted by Gasteiger charge is 2.56. The molecule has 4 rings (SSSR count). The monoisotopic (exact) mass is 423 g/mol. The first-order valence-electron chi connectivity index (χ1n) is 8.76. The molecule has 1 spiro atoms. The van der Waals surface area contributed by atoms with E-state index in [1.165, 1.54) is 0 Å². The van der Waals surface area contributed by atoms with Gasteiger partial charge in [0.25, 0.3) is 0 Å². The highest BCUT2D eigenvalue weighted by atomic mass is 79.9. The number of halogens is 1. The van der Waals surface area contributed by atoms with Gasteiger partial charge in [-0.1, -0.05) is 0 Å². The number of anilines is 1. The molecule has 2 unspecified atom stereocenters. The molecular weight excluding hydrogens is 402 g/mol. The molecule has 134 valence electrons. The Balaban J connectivity index is 1.42. The van der Waals surface area contributed by atoms with Crippen molar-refractivity contribution in [3.63, 3.8) is 0 Å². The molecule has 1 aliphatic carbocycles. The molecule has 5 nitrogen and oxygen atoms in total. The van der Waals surface area contributed by atoms with E-state index >= 15 is 0 Å². The molecule has 1 saturated heterocycles. The number of rotatable bonds is 4. The van der Waals surface area contributed by atoms with Crippen LogP contribution < -0.4 is 4.90 Å². The standard InChI is InChI=1S/C18H22BrN3O2S/c1-2-24-15-11-14(23)18(15)7-9-22(10-8-18)17-6-3-12(20-21-17)13-4-5-16(19)25-13/h3-6,14-15,23H,2,7-11H2,1H3. The maximum absolute atomic E-state index is 10.3. The Hall–Kier alpha value is -1.02. The lowest BCUT2D eigenvalue weighted by atomic mass is 9.58. The van der Waals surface area contributed by atoms with Crippen molar-refractivity contribution in [2.75, 3.05) is 24.6 Å². The summed E-state index contributed by atoms with van der Waals surface area (Å²) in [7, 11) is 0. The van der Waals surface area contributed by atoms with E-state index in [9.17, 15) is 5.11 Å². The third-order valence-electron chi connectivity index (χ3n) is 5.60. The van der Waals surface area contributed by atoms with Crippen LogP contribution in [-0.4, -0.2) is 47.2 Å². The van der Waals surface area contributed by atoms with Crippen LogP contribution in [0.15, 0.2) is 28.1 Å². The summed E-state index contributed by atoms with van der Waals surface area (Å²) in [6, 6.07) is 8.16. The third-order valence-corrected chi connectivity index (χ3v) is 7.25. The Kier molecular flexibility index (Phi) is 4.83. The summed E-state index contributed by atoms with van der Waals surface area (Å²) in [6.45, 7) is 4.52. The van der Waals surface area contributed by atoms with Gasteiger partial charge in [0, 0.05) is 31.5 Å². The van der Waals surface area contributed by atoms with Gasteiger partial charge >= 0.3 is 0 Å². The number of nitrogens with zero attached hydrogens (tertiary/aromatic N) is 3. The summed E-state index contributed by atoms with van der Waals surface area (Å²) in [6.07, 6.45) is 2.65. The van der Waals surface area contributed by atoms with Crippen molar-refractivity contribution in [1.29, 1.82) is 0 Å². The Labute approximate surface area is 160 Å². The summed E-state index contributed by atoms with van der Waals surface area (Å²) in [5, 5.41) is 19.1. The molecule has 1 aliphatic heterocycles. The number of hydrogen-bond donors (Lipinski definition) is 1. The number of thiophene rings is 1. The molecule has 2 fully saturated rings. The minimum atomic E-state index is -0.225. The van der Waals surface area contributed by atoms with Crippen molar-refractivity contribution in [1.82, 2.24) is 10.2 Å². The van der Waals surface area contributed by atoms with E-state index in [0.717, 1.165) is 52.5 Å². The summed E-state index contributed by atoms with van der Waals surface area (Å²) < 4.78 is 6.94. The van der Waals surface area contributed by atoms with Crippen molar-refractivity contribution in [2.24, 2.45) is 5.41 Å². The predicted octanol–water partition coefficient (Wildman–Crippen LogP) is 3.72. The van der Waals surface area contributed by atoms with Gasteiger partial charge in [0.1, 0.15) is 5.69 Å². The Morgan fingerprint density at radius 3 is 2.64 bits per heavy atom. The average Bonchev–Trinajstić information content (AvgIpc) is 3.08. The number of piperidine rings is 1. The number of aliphatic hydroxyl groups excluding tert-OH is 1. The Bertz CT molecular complexity index is 726. The first kappa shape index (κ1) is 17.4. The molecule has 2 aromatic rings. The normalized spacial score (nSPS) is 25.2. The van der Waals surface area contributed by atoms with Crippen molar-refractivity contribution >= 4 is 33.1 Å². The molecule has 2 atom stereocenters. The fourth-order valence-electron chi connectivity index (χ4n) is 4.05. The van der Waals surface area contributed by atoms with Gasteiger partial charge in [-0.15, -0.1) is 21.5 Å².